The van der Waals surface area contributed by atoms with E-state index in [9.17, 15) is 23.2 Å². The lowest BCUT2D eigenvalue weighted by molar-refractivity contribution is -0.0498. The Bertz CT molecular complexity index is 1130. The van der Waals surface area contributed by atoms with Crippen LogP contribution < -0.4 is 10.3 Å². The van der Waals surface area contributed by atoms with Crippen molar-refractivity contribution >= 4 is 22.5 Å². The van der Waals surface area contributed by atoms with E-state index in [4.69, 9.17) is 4.74 Å². The van der Waals surface area contributed by atoms with E-state index >= 15 is 0 Å². The van der Waals surface area contributed by atoms with E-state index in [-0.39, 0.29) is 22.6 Å². The number of rotatable bonds is 6. The van der Waals surface area contributed by atoms with E-state index < -0.39 is 24.5 Å². The van der Waals surface area contributed by atoms with Crippen LogP contribution in [0.25, 0.3) is 10.8 Å². The van der Waals surface area contributed by atoms with Gasteiger partial charge in [0.1, 0.15) is 5.75 Å². The molecule has 7 nitrogen and oxygen atoms in total. The molecule has 0 bridgehead atoms. The molecule has 0 unspecified atom stereocenters. The summed E-state index contributed by atoms with van der Waals surface area (Å²) < 4.78 is 34.9. The van der Waals surface area contributed by atoms with Gasteiger partial charge >= 0.3 is 12.6 Å². The van der Waals surface area contributed by atoms with E-state index in [0.29, 0.717) is 10.8 Å². The highest BCUT2D eigenvalue weighted by atomic mass is 19.3. The summed E-state index contributed by atoms with van der Waals surface area (Å²) in [6.45, 7) is -1.59. The van der Waals surface area contributed by atoms with Crippen LogP contribution in [-0.4, -0.2) is 34.2 Å². The van der Waals surface area contributed by atoms with Crippen molar-refractivity contribution in [1.82, 2.24) is 9.78 Å². The van der Waals surface area contributed by atoms with Crippen molar-refractivity contribution in [2.75, 3.05) is 0 Å². The number of esters is 1. The summed E-state index contributed by atoms with van der Waals surface area (Å²) in [5.74, 6) is -1.49. The molecule has 0 amide bonds. The van der Waals surface area contributed by atoms with Gasteiger partial charge in [-0.15, -0.1) is 0 Å². The van der Waals surface area contributed by atoms with Gasteiger partial charge in [0, 0.05) is 18.0 Å². The molecule has 0 radical (unpaired) electrons. The van der Waals surface area contributed by atoms with Gasteiger partial charge in [0.05, 0.1) is 5.39 Å². The molecule has 0 saturated carbocycles. The highest BCUT2D eigenvalue weighted by Gasteiger charge is 2.24. The average molecular weight is 402 g/mol. The first-order valence-corrected chi connectivity index (χ1v) is 8.54. The van der Waals surface area contributed by atoms with Crippen molar-refractivity contribution in [3.05, 3.63) is 70.1 Å². The molecule has 0 spiro atoms. The van der Waals surface area contributed by atoms with Crippen LogP contribution in [-0.2, 0) is 11.8 Å². The van der Waals surface area contributed by atoms with Crippen molar-refractivity contribution < 1.29 is 27.8 Å². The number of carbonyl (C=O) groups excluding carboxylic acids is 2. The number of hydrogen-bond acceptors (Lipinski definition) is 6. The lowest BCUT2D eigenvalue weighted by atomic mass is 10.1. The standard InChI is InChI=1S/C20H16F2N2O5/c1-11(17(25)12-7-9-13(10-8-12)29-20(21)22)28-19(27)16-14-5-3-4-6-15(14)18(26)24(2)23-16/h3-11,20H,1-2H3/t11-/m1/s1. The quantitative estimate of drug-likeness (QED) is 0.465. The van der Waals surface area contributed by atoms with Crippen LogP contribution >= 0.6 is 0 Å². The third-order valence-electron chi connectivity index (χ3n) is 4.17. The molecule has 3 rings (SSSR count). The van der Waals surface area contributed by atoms with Crippen molar-refractivity contribution in [2.45, 2.75) is 19.6 Å². The summed E-state index contributed by atoms with van der Waals surface area (Å²) in [5.41, 5.74) is -0.305. The molecule has 3 aromatic rings. The van der Waals surface area contributed by atoms with E-state index in [0.717, 1.165) is 4.68 Å². The van der Waals surface area contributed by atoms with Crippen LogP contribution in [0.2, 0.25) is 0 Å². The number of Topliss-reactive ketones (excluding diaryl/α,β-unsaturated/α-hetero) is 1. The fraction of sp³-hybridized carbons (Fsp3) is 0.200. The van der Waals surface area contributed by atoms with E-state index in [2.05, 4.69) is 9.84 Å². The van der Waals surface area contributed by atoms with Gasteiger partial charge in [-0.05, 0) is 37.3 Å². The Kier molecular flexibility index (Phi) is 5.67. The van der Waals surface area contributed by atoms with Crippen LogP contribution in [0.3, 0.4) is 0 Å². The zero-order valence-electron chi connectivity index (χ0n) is 15.5. The minimum atomic E-state index is -2.97. The number of halogens is 2. The molecule has 1 atom stereocenters. The third-order valence-corrected chi connectivity index (χ3v) is 4.17. The fourth-order valence-electron chi connectivity index (χ4n) is 2.76. The van der Waals surface area contributed by atoms with E-state index in [1.165, 1.54) is 38.2 Å². The molecular formula is C20H16F2N2O5. The van der Waals surface area contributed by atoms with Crippen molar-refractivity contribution in [3.63, 3.8) is 0 Å². The normalized spacial score (nSPS) is 12.0. The molecule has 0 N–H and O–H groups in total. The van der Waals surface area contributed by atoms with Crippen LogP contribution in [0.1, 0.15) is 27.8 Å². The first-order valence-electron chi connectivity index (χ1n) is 8.54. The van der Waals surface area contributed by atoms with Gasteiger partial charge in [-0.3, -0.25) is 9.59 Å². The summed E-state index contributed by atoms with van der Waals surface area (Å²) in [5, 5.41) is 4.57. The summed E-state index contributed by atoms with van der Waals surface area (Å²) in [4.78, 5) is 37.2. The van der Waals surface area contributed by atoms with Crippen LogP contribution in [0.4, 0.5) is 8.78 Å². The van der Waals surface area contributed by atoms with Gasteiger partial charge < -0.3 is 9.47 Å². The number of carbonyl (C=O) groups is 2. The molecule has 0 fully saturated rings. The largest absolute Gasteiger partial charge is 0.449 e. The van der Waals surface area contributed by atoms with Crippen molar-refractivity contribution in [2.24, 2.45) is 7.05 Å². The Balaban J connectivity index is 1.80. The molecule has 1 heterocycles. The van der Waals surface area contributed by atoms with Crippen LogP contribution in [0, 0.1) is 0 Å². The minimum absolute atomic E-state index is 0.0944. The van der Waals surface area contributed by atoms with Gasteiger partial charge in [0.25, 0.3) is 5.56 Å². The first kappa shape index (κ1) is 20.1. The SMILES string of the molecule is C[C@@H](OC(=O)c1nn(C)c(=O)c2ccccc12)C(=O)c1ccc(OC(F)F)cc1. The number of aryl methyl sites for hydroxylation is 1. The number of benzene rings is 2. The van der Waals surface area contributed by atoms with E-state index in [1.807, 2.05) is 0 Å². The first-order chi connectivity index (χ1) is 13.8. The van der Waals surface area contributed by atoms with Gasteiger partial charge in [-0.1, -0.05) is 18.2 Å². The maximum atomic E-state index is 12.6. The Morgan fingerprint density at radius 2 is 1.66 bits per heavy atom. The number of nitrogens with zero attached hydrogens (tertiary/aromatic N) is 2. The zero-order chi connectivity index (χ0) is 21.1. The highest BCUT2D eigenvalue weighted by Crippen LogP contribution is 2.18. The maximum absolute atomic E-state index is 12.6. The smallest absolute Gasteiger partial charge is 0.387 e. The van der Waals surface area contributed by atoms with Crippen molar-refractivity contribution in [1.29, 1.82) is 0 Å². The summed E-state index contributed by atoms with van der Waals surface area (Å²) in [6.07, 6.45) is -1.16. The minimum Gasteiger partial charge on any atom is -0.449 e. The number of alkyl halides is 2. The van der Waals surface area contributed by atoms with Gasteiger partial charge in [0.15, 0.2) is 11.8 Å². The number of aromatic nitrogens is 2. The predicted molar refractivity (Wildman–Crippen MR) is 99.3 cm³/mol. The molecular weight excluding hydrogens is 386 g/mol. The molecule has 1 aromatic heterocycles. The van der Waals surface area contributed by atoms with E-state index in [1.54, 1.807) is 24.3 Å². The average Bonchev–Trinajstić information content (AvgIpc) is 2.70. The molecule has 9 heteroatoms. The monoisotopic (exact) mass is 402 g/mol. The summed E-state index contributed by atoms with van der Waals surface area (Å²) in [7, 11) is 1.41. The lowest BCUT2D eigenvalue weighted by Gasteiger charge is -2.14. The lowest BCUT2D eigenvalue weighted by Crippen LogP contribution is -2.28. The van der Waals surface area contributed by atoms with Crippen molar-refractivity contribution in [3.8, 4) is 5.75 Å². The molecule has 2 aromatic carbocycles. The molecule has 29 heavy (non-hydrogen) atoms. The second-order valence-corrected chi connectivity index (χ2v) is 6.14. The summed E-state index contributed by atoms with van der Waals surface area (Å²) in [6, 6.07) is 11.5. The number of hydrogen-bond donors (Lipinski definition) is 0. The molecule has 0 saturated heterocycles. The highest BCUT2D eigenvalue weighted by molar-refractivity contribution is 6.05. The Labute approximate surface area is 163 Å². The predicted octanol–water partition coefficient (Wildman–Crippen LogP) is 2.96. The fourth-order valence-corrected chi connectivity index (χ4v) is 2.76. The van der Waals surface area contributed by atoms with Crippen LogP contribution in [0.15, 0.2) is 53.3 Å². The zero-order valence-corrected chi connectivity index (χ0v) is 15.5. The molecule has 0 aliphatic heterocycles. The Hall–Kier alpha value is -3.62. The number of ether oxygens (including phenoxy) is 2. The Morgan fingerprint density at radius 1 is 1.03 bits per heavy atom. The molecule has 0 aliphatic carbocycles. The summed E-state index contributed by atoms with van der Waals surface area (Å²) >= 11 is 0. The molecule has 0 aliphatic rings. The third kappa shape index (κ3) is 4.29. The van der Waals surface area contributed by atoms with Gasteiger partial charge in [-0.2, -0.15) is 13.9 Å². The number of fused-ring (bicyclic) bond motifs is 1. The van der Waals surface area contributed by atoms with Gasteiger partial charge in [0.2, 0.25) is 5.78 Å². The maximum Gasteiger partial charge on any atom is 0.387 e. The molecule has 150 valence electrons. The topological polar surface area (TPSA) is 87.5 Å². The second kappa shape index (κ2) is 8.17. The van der Waals surface area contributed by atoms with Gasteiger partial charge in [-0.25, -0.2) is 9.48 Å². The Morgan fingerprint density at radius 3 is 2.28 bits per heavy atom. The number of ketones is 1. The van der Waals surface area contributed by atoms with Crippen LogP contribution in [0.5, 0.6) is 5.75 Å². The second-order valence-electron chi connectivity index (χ2n) is 6.14.